The van der Waals surface area contributed by atoms with Gasteiger partial charge in [0, 0.05) is 5.02 Å². The van der Waals surface area contributed by atoms with E-state index in [0.717, 1.165) is 50.5 Å². The number of allylic oxidation sites excluding steroid dienone is 1. The lowest BCUT2D eigenvalue weighted by atomic mass is 9.46. The van der Waals surface area contributed by atoms with Gasteiger partial charge in [0.05, 0.1) is 24.4 Å². The number of hydrogen-bond acceptors (Lipinski definition) is 5. The van der Waals surface area contributed by atoms with Gasteiger partial charge in [0.2, 0.25) is 0 Å². The maximum Gasteiger partial charge on any atom is 0.338 e. The molecule has 4 atom stereocenters. The van der Waals surface area contributed by atoms with Gasteiger partial charge in [0.25, 0.3) is 0 Å². The van der Waals surface area contributed by atoms with Gasteiger partial charge in [-0.1, -0.05) is 37.1 Å². The molecule has 2 aromatic rings. The number of esters is 2. The number of hydrogen-bond donors (Lipinski definition) is 0. The highest BCUT2D eigenvalue weighted by Crippen LogP contribution is 2.62. The highest BCUT2D eigenvalue weighted by molar-refractivity contribution is 6.30. The quantitative estimate of drug-likeness (QED) is 0.299. The van der Waals surface area contributed by atoms with Gasteiger partial charge in [0.15, 0.2) is 0 Å². The van der Waals surface area contributed by atoms with Crippen LogP contribution in [-0.2, 0) is 27.3 Å². The SMILES string of the molecule is C=C1CCC2C(C)(C(=O)OC)CCC[C@]2(C)[C@H]1CCc1ccoc1COC(=O)c1ccc(Cl)cc1. The lowest BCUT2D eigenvalue weighted by Crippen LogP contribution is -2.53. The van der Waals surface area contributed by atoms with E-state index in [2.05, 4.69) is 20.4 Å². The Balaban J connectivity index is 1.44. The molecule has 188 valence electrons. The molecule has 0 spiro atoms. The van der Waals surface area contributed by atoms with Crippen LogP contribution >= 0.6 is 11.6 Å². The summed E-state index contributed by atoms with van der Waals surface area (Å²) in [5, 5.41) is 0.569. The van der Waals surface area contributed by atoms with Crippen molar-refractivity contribution in [1.82, 2.24) is 0 Å². The van der Waals surface area contributed by atoms with Crippen molar-refractivity contribution in [2.45, 2.75) is 65.4 Å². The number of methoxy groups -OCH3 is 1. The number of furan rings is 1. The number of rotatable bonds is 7. The van der Waals surface area contributed by atoms with Gasteiger partial charge in [0.1, 0.15) is 12.4 Å². The Hall–Kier alpha value is -2.53. The van der Waals surface area contributed by atoms with E-state index in [0.29, 0.717) is 22.3 Å². The highest BCUT2D eigenvalue weighted by atomic mass is 35.5. The molecule has 1 aromatic heterocycles. The summed E-state index contributed by atoms with van der Waals surface area (Å²) in [6.07, 6.45) is 8.26. The van der Waals surface area contributed by atoms with E-state index in [1.807, 2.05) is 6.07 Å². The molecule has 0 radical (unpaired) electrons. The summed E-state index contributed by atoms with van der Waals surface area (Å²) in [5.74, 6) is 0.753. The van der Waals surface area contributed by atoms with Gasteiger partial charge in [-0.3, -0.25) is 4.79 Å². The molecule has 4 rings (SSSR count). The minimum Gasteiger partial charge on any atom is -0.469 e. The van der Waals surface area contributed by atoms with Gasteiger partial charge in [-0.05, 0) is 98.6 Å². The Labute approximate surface area is 212 Å². The van der Waals surface area contributed by atoms with E-state index < -0.39 is 11.4 Å². The van der Waals surface area contributed by atoms with Gasteiger partial charge < -0.3 is 13.9 Å². The zero-order valence-corrected chi connectivity index (χ0v) is 21.7. The van der Waals surface area contributed by atoms with Crippen LogP contribution < -0.4 is 0 Å². The van der Waals surface area contributed by atoms with Crippen molar-refractivity contribution in [3.05, 3.63) is 70.7 Å². The molecule has 0 bridgehead atoms. The summed E-state index contributed by atoms with van der Waals surface area (Å²) in [7, 11) is 1.50. The molecular formula is C29H35ClO5. The topological polar surface area (TPSA) is 65.7 Å². The molecule has 2 unspecified atom stereocenters. The van der Waals surface area contributed by atoms with Crippen LogP contribution in [0.15, 0.2) is 53.2 Å². The van der Waals surface area contributed by atoms with Crippen LogP contribution in [0.2, 0.25) is 5.02 Å². The number of fused-ring (bicyclic) bond motifs is 1. The predicted molar refractivity (Wildman–Crippen MR) is 135 cm³/mol. The van der Waals surface area contributed by atoms with E-state index in [4.69, 9.17) is 25.5 Å². The van der Waals surface area contributed by atoms with E-state index in [1.165, 1.54) is 12.7 Å². The molecule has 0 aliphatic heterocycles. The maximum atomic E-state index is 12.8. The smallest absolute Gasteiger partial charge is 0.338 e. The van der Waals surface area contributed by atoms with Gasteiger partial charge in [-0.15, -0.1) is 0 Å². The van der Waals surface area contributed by atoms with Crippen LogP contribution in [0.4, 0.5) is 0 Å². The monoisotopic (exact) mass is 498 g/mol. The lowest BCUT2D eigenvalue weighted by Gasteiger charge is -2.57. The molecule has 5 nitrogen and oxygen atoms in total. The van der Waals surface area contributed by atoms with Crippen LogP contribution in [0, 0.1) is 22.7 Å². The Morgan fingerprint density at radius 1 is 1.17 bits per heavy atom. The highest BCUT2D eigenvalue weighted by Gasteiger charge is 2.57. The summed E-state index contributed by atoms with van der Waals surface area (Å²) in [4.78, 5) is 25.2. The third kappa shape index (κ3) is 4.93. The first-order valence-electron chi connectivity index (χ1n) is 12.4. The Kier molecular flexibility index (Phi) is 7.46. The van der Waals surface area contributed by atoms with Crippen LogP contribution in [0.5, 0.6) is 0 Å². The molecule has 2 aliphatic rings. The zero-order valence-electron chi connectivity index (χ0n) is 20.9. The van der Waals surface area contributed by atoms with E-state index >= 15 is 0 Å². The average molecular weight is 499 g/mol. The fourth-order valence-electron chi connectivity index (χ4n) is 6.78. The maximum absolute atomic E-state index is 12.8. The van der Waals surface area contributed by atoms with Gasteiger partial charge in [-0.2, -0.15) is 0 Å². The minimum atomic E-state index is -0.447. The Bertz CT molecular complexity index is 1090. The summed E-state index contributed by atoms with van der Waals surface area (Å²) in [6, 6.07) is 8.57. The van der Waals surface area contributed by atoms with Crippen LogP contribution in [0.3, 0.4) is 0 Å². The summed E-state index contributed by atoms with van der Waals surface area (Å²) in [6.45, 7) is 8.96. The van der Waals surface area contributed by atoms with Crippen molar-refractivity contribution in [1.29, 1.82) is 0 Å². The molecule has 2 fully saturated rings. The van der Waals surface area contributed by atoms with E-state index in [9.17, 15) is 9.59 Å². The molecule has 1 aromatic carbocycles. The van der Waals surface area contributed by atoms with Gasteiger partial charge >= 0.3 is 11.9 Å². The number of carbonyl (C=O) groups is 2. The van der Waals surface area contributed by atoms with Crippen molar-refractivity contribution in [2.24, 2.45) is 22.7 Å². The Morgan fingerprint density at radius 2 is 1.91 bits per heavy atom. The summed E-state index contributed by atoms with van der Waals surface area (Å²) in [5.41, 5.74) is 2.32. The molecule has 0 N–H and O–H groups in total. The van der Waals surface area contributed by atoms with Crippen molar-refractivity contribution in [3.63, 3.8) is 0 Å². The zero-order chi connectivity index (χ0) is 25.2. The summed E-state index contributed by atoms with van der Waals surface area (Å²) < 4.78 is 16.4. The van der Waals surface area contributed by atoms with Gasteiger partial charge in [-0.25, -0.2) is 4.79 Å². The lowest BCUT2D eigenvalue weighted by molar-refractivity contribution is -0.168. The normalized spacial score (nSPS) is 28.3. The first-order valence-corrected chi connectivity index (χ1v) is 12.8. The number of halogens is 1. The fraction of sp³-hybridized carbons (Fsp3) is 0.517. The number of benzene rings is 1. The molecular weight excluding hydrogens is 464 g/mol. The van der Waals surface area contributed by atoms with Crippen LogP contribution in [0.1, 0.15) is 74.1 Å². The first kappa shape index (κ1) is 25.6. The van der Waals surface area contributed by atoms with E-state index in [-0.39, 0.29) is 23.9 Å². The largest absolute Gasteiger partial charge is 0.469 e. The average Bonchev–Trinajstić information content (AvgIpc) is 3.29. The number of aryl methyl sites for hydroxylation is 1. The molecule has 2 aliphatic carbocycles. The number of carbonyl (C=O) groups excluding carboxylic acids is 2. The summed E-state index contributed by atoms with van der Waals surface area (Å²) >= 11 is 5.90. The predicted octanol–water partition coefficient (Wildman–Crippen LogP) is 7.17. The standard InChI is InChI=1S/C29H35ClO5/c1-19-6-13-25-28(2,15-5-16-29(25,3)27(32)33-4)23(19)12-9-20-14-17-34-24(20)18-35-26(31)21-7-10-22(30)11-8-21/h7-8,10-11,14,17,23,25H,1,5-6,9,12-13,15-16,18H2,2-4H3/t23-,25?,28+,29?/m0/s1. The van der Waals surface area contributed by atoms with Crippen molar-refractivity contribution < 1.29 is 23.5 Å². The molecule has 0 amide bonds. The first-order chi connectivity index (χ1) is 16.7. The second kappa shape index (κ2) is 10.2. The molecule has 35 heavy (non-hydrogen) atoms. The second-order valence-electron chi connectivity index (χ2n) is 10.6. The third-order valence-electron chi connectivity index (χ3n) is 8.63. The Morgan fingerprint density at radius 3 is 2.63 bits per heavy atom. The molecule has 6 heteroatoms. The van der Waals surface area contributed by atoms with Crippen molar-refractivity contribution >= 4 is 23.5 Å². The van der Waals surface area contributed by atoms with E-state index in [1.54, 1.807) is 30.5 Å². The van der Waals surface area contributed by atoms with Crippen molar-refractivity contribution in [3.8, 4) is 0 Å². The minimum absolute atomic E-state index is 0.00146. The number of ether oxygens (including phenoxy) is 2. The molecule has 0 saturated heterocycles. The molecule has 2 saturated carbocycles. The molecule has 1 heterocycles. The third-order valence-corrected chi connectivity index (χ3v) is 8.88. The fourth-order valence-corrected chi connectivity index (χ4v) is 6.90. The van der Waals surface area contributed by atoms with Crippen LogP contribution in [-0.4, -0.2) is 19.0 Å². The second-order valence-corrected chi connectivity index (χ2v) is 11.0. The van der Waals surface area contributed by atoms with Crippen LogP contribution in [0.25, 0.3) is 0 Å². The van der Waals surface area contributed by atoms with Crippen molar-refractivity contribution in [2.75, 3.05) is 7.11 Å².